The summed E-state index contributed by atoms with van der Waals surface area (Å²) >= 11 is 0. The van der Waals surface area contributed by atoms with Crippen molar-refractivity contribution in [3.8, 4) is 5.75 Å². The Morgan fingerprint density at radius 2 is 2.10 bits per heavy atom. The normalized spacial score (nSPS) is 12.0. The van der Waals surface area contributed by atoms with E-state index in [0.29, 0.717) is 6.04 Å². The first kappa shape index (κ1) is 15.3. The molecule has 0 radical (unpaired) electrons. The number of anilines is 2. The molecule has 2 aromatic rings. The van der Waals surface area contributed by atoms with Gasteiger partial charge in [0.15, 0.2) is 0 Å². The summed E-state index contributed by atoms with van der Waals surface area (Å²) in [5, 5.41) is 3.39. The third-order valence-corrected chi connectivity index (χ3v) is 3.57. The second-order valence-electron chi connectivity index (χ2n) is 4.99. The van der Waals surface area contributed by atoms with E-state index in [1.807, 2.05) is 48.5 Å². The Bertz CT molecular complexity index is 569. The standard InChI is InChI=1S/C17H23N3O/c1-5-18-13(2)14-9-10-17(19-12-14)20(3)15-7-6-8-16(11-15)21-4/h6-13,18H,5H2,1-4H3. The Morgan fingerprint density at radius 1 is 1.29 bits per heavy atom. The summed E-state index contributed by atoms with van der Waals surface area (Å²) in [6.45, 7) is 5.20. The quantitative estimate of drug-likeness (QED) is 0.881. The zero-order valence-corrected chi connectivity index (χ0v) is 13.1. The molecule has 4 nitrogen and oxygen atoms in total. The second-order valence-corrected chi connectivity index (χ2v) is 4.99. The third-order valence-electron chi connectivity index (χ3n) is 3.57. The molecule has 1 aromatic heterocycles. The van der Waals surface area contributed by atoms with Crippen LogP contribution in [0.3, 0.4) is 0 Å². The molecule has 0 bridgehead atoms. The molecule has 1 unspecified atom stereocenters. The van der Waals surface area contributed by atoms with Crippen LogP contribution in [0.5, 0.6) is 5.75 Å². The molecule has 1 heterocycles. The Morgan fingerprint density at radius 3 is 2.71 bits per heavy atom. The van der Waals surface area contributed by atoms with Crippen molar-refractivity contribution in [1.29, 1.82) is 0 Å². The maximum absolute atomic E-state index is 5.26. The van der Waals surface area contributed by atoms with Crippen molar-refractivity contribution in [3.63, 3.8) is 0 Å². The highest BCUT2D eigenvalue weighted by molar-refractivity contribution is 5.60. The molecule has 1 atom stereocenters. The highest BCUT2D eigenvalue weighted by Crippen LogP contribution is 2.26. The lowest BCUT2D eigenvalue weighted by atomic mass is 10.1. The largest absolute Gasteiger partial charge is 0.497 e. The van der Waals surface area contributed by atoms with E-state index < -0.39 is 0 Å². The van der Waals surface area contributed by atoms with Gasteiger partial charge in [-0.3, -0.25) is 0 Å². The lowest BCUT2D eigenvalue weighted by Gasteiger charge is -2.20. The van der Waals surface area contributed by atoms with Crippen LogP contribution in [-0.2, 0) is 0 Å². The molecule has 21 heavy (non-hydrogen) atoms. The fourth-order valence-electron chi connectivity index (χ4n) is 2.23. The van der Waals surface area contributed by atoms with Gasteiger partial charge in [0.25, 0.3) is 0 Å². The van der Waals surface area contributed by atoms with Crippen LogP contribution in [0.4, 0.5) is 11.5 Å². The van der Waals surface area contributed by atoms with Gasteiger partial charge in [0, 0.05) is 31.0 Å². The smallest absolute Gasteiger partial charge is 0.132 e. The molecule has 0 aliphatic carbocycles. The first-order valence-electron chi connectivity index (χ1n) is 7.22. The van der Waals surface area contributed by atoms with Crippen molar-refractivity contribution in [2.75, 3.05) is 25.6 Å². The van der Waals surface area contributed by atoms with Crippen molar-refractivity contribution < 1.29 is 4.74 Å². The Kier molecular flexibility index (Phi) is 5.17. The molecule has 0 amide bonds. The SMILES string of the molecule is CCNC(C)c1ccc(N(C)c2cccc(OC)c2)nc1. The molecule has 0 aliphatic heterocycles. The summed E-state index contributed by atoms with van der Waals surface area (Å²) in [4.78, 5) is 6.60. The lowest BCUT2D eigenvalue weighted by molar-refractivity contribution is 0.415. The van der Waals surface area contributed by atoms with E-state index in [1.165, 1.54) is 5.56 Å². The topological polar surface area (TPSA) is 37.4 Å². The summed E-state index contributed by atoms with van der Waals surface area (Å²) in [7, 11) is 3.68. The highest BCUT2D eigenvalue weighted by atomic mass is 16.5. The molecule has 0 aliphatic rings. The number of nitrogens with one attached hydrogen (secondary N) is 1. The number of hydrogen-bond acceptors (Lipinski definition) is 4. The van der Waals surface area contributed by atoms with Gasteiger partial charge in [-0.1, -0.05) is 19.1 Å². The number of hydrogen-bond donors (Lipinski definition) is 1. The van der Waals surface area contributed by atoms with Crippen molar-refractivity contribution in [3.05, 3.63) is 48.2 Å². The molecule has 0 spiro atoms. The molecule has 1 aromatic carbocycles. The number of aromatic nitrogens is 1. The predicted octanol–water partition coefficient (Wildman–Crippen LogP) is 3.53. The zero-order valence-electron chi connectivity index (χ0n) is 13.1. The minimum atomic E-state index is 0.318. The summed E-state index contributed by atoms with van der Waals surface area (Å²) < 4.78 is 5.26. The molecule has 2 rings (SSSR count). The van der Waals surface area contributed by atoms with Crippen LogP contribution in [-0.4, -0.2) is 25.7 Å². The fraction of sp³-hybridized carbons (Fsp3) is 0.353. The van der Waals surface area contributed by atoms with Gasteiger partial charge in [-0.2, -0.15) is 0 Å². The first-order chi connectivity index (χ1) is 10.2. The summed E-state index contributed by atoms with van der Waals surface area (Å²) in [5.74, 6) is 1.76. The van der Waals surface area contributed by atoms with Gasteiger partial charge in [0.1, 0.15) is 11.6 Å². The van der Waals surface area contributed by atoms with Crippen LogP contribution in [0, 0.1) is 0 Å². The van der Waals surface area contributed by atoms with Crippen LogP contribution < -0.4 is 15.0 Å². The van der Waals surface area contributed by atoms with Gasteiger partial charge in [0.2, 0.25) is 0 Å². The van der Waals surface area contributed by atoms with E-state index in [9.17, 15) is 0 Å². The van der Waals surface area contributed by atoms with Crippen LogP contribution in [0.2, 0.25) is 0 Å². The highest BCUT2D eigenvalue weighted by Gasteiger charge is 2.08. The van der Waals surface area contributed by atoms with Crippen LogP contribution in [0.15, 0.2) is 42.6 Å². The average molecular weight is 285 g/mol. The van der Waals surface area contributed by atoms with Crippen molar-refractivity contribution in [2.45, 2.75) is 19.9 Å². The van der Waals surface area contributed by atoms with E-state index in [4.69, 9.17) is 4.74 Å². The van der Waals surface area contributed by atoms with Gasteiger partial charge < -0.3 is 15.0 Å². The van der Waals surface area contributed by atoms with E-state index >= 15 is 0 Å². The fourth-order valence-corrected chi connectivity index (χ4v) is 2.23. The number of rotatable bonds is 6. The minimum absolute atomic E-state index is 0.318. The Labute approximate surface area is 126 Å². The predicted molar refractivity (Wildman–Crippen MR) is 87.4 cm³/mol. The van der Waals surface area contributed by atoms with Crippen LogP contribution >= 0.6 is 0 Å². The van der Waals surface area contributed by atoms with E-state index in [1.54, 1.807) is 7.11 Å². The van der Waals surface area contributed by atoms with Crippen molar-refractivity contribution in [2.24, 2.45) is 0 Å². The summed E-state index contributed by atoms with van der Waals surface area (Å²) in [5.41, 5.74) is 2.24. The second kappa shape index (κ2) is 7.09. The van der Waals surface area contributed by atoms with E-state index in [2.05, 4.69) is 30.2 Å². The number of ether oxygens (including phenoxy) is 1. The first-order valence-corrected chi connectivity index (χ1v) is 7.22. The Hall–Kier alpha value is -2.07. The lowest BCUT2D eigenvalue weighted by Crippen LogP contribution is -2.18. The van der Waals surface area contributed by atoms with Crippen LogP contribution in [0.1, 0.15) is 25.5 Å². The summed E-state index contributed by atoms with van der Waals surface area (Å²) in [6, 6.07) is 12.4. The molecule has 0 saturated carbocycles. The zero-order chi connectivity index (χ0) is 15.2. The molecule has 0 fully saturated rings. The van der Waals surface area contributed by atoms with Gasteiger partial charge in [0.05, 0.1) is 7.11 Å². The van der Waals surface area contributed by atoms with Gasteiger partial charge in [-0.15, -0.1) is 0 Å². The molecule has 4 heteroatoms. The monoisotopic (exact) mass is 285 g/mol. The third kappa shape index (κ3) is 3.73. The van der Waals surface area contributed by atoms with E-state index in [0.717, 1.165) is 23.8 Å². The van der Waals surface area contributed by atoms with Gasteiger partial charge in [-0.05, 0) is 37.2 Å². The molecule has 112 valence electrons. The number of benzene rings is 1. The molecular formula is C17H23N3O. The number of pyridine rings is 1. The van der Waals surface area contributed by atoms with Crippen molar-refractivity contribution in [1.82, 2.24) is 10.3 Å². The van der Waals surface area contributed by atoms with Crippen molar-refractivity contribution >= 4 is 11.5 Å². The maximum Gasteiger partial charge on any atom is 0.132 e. The maximum atomic E-state index is 5.26. The Balaban J connectivity index is 2.17. The van der Waals surface area contributed by atoms with Gasteiger partial charge >= 0.3 is 0 Å². The molecular weight excluding hydrogens is 262 g/mol. The van der Waals surface area contributed by atoms with E-state index in [-0.39, 0.29) is 0 Å². The summed E-state index contributed by atoms with van der Waals surface area (Å²) in [6.07, 6.45) is 1.93. The van der Waals surface area contributed by atoms with Crippen LogP contribution in [0.25, 0.3) is 0 Å². The molecule has 1 N–H and O–H groups in total. The average Bonchev–Trinajstić information content (AvgIpc) is 2.54. The minimum Gasteiger partial charge on any atom is -0.497 e. The number of nitrogens with zero attached hydrogens (tertiary/aromatic N) is 2. The van der Waals surface area contributed by atoms with Gasteiger partial charge in [-0.25, -0.2) is 4.98 Å². The number of methoxy groups -OCH3 is 1. The molecule has 0 saturated heterocycles.